The van der Waals surface area contributed by atoms with Crippen molar-refractivity contribution in [1.82, 2.24) is 4.90 Å². The Morgan fingerprint density at radius 2 is 2.16 bits per heavy atom. The minimum Gasteiger partial charge on any atom is -0.399 e. The van der Waals surface area contributed by atoms with Crippen LogP contribution in [0, 0.1) is 2.88 Å². The number of hydrogen-bond donors (Lipinski definition) is 1. The number of carbonyl (C=O) groups excluding carboxylic acids is 1. The van der Waals surface area contributed by atoms with Gasteiger partial charge in [-0.2, -0.15) is 0 Å². The first kappa shape index (κ1) is 12.9. The van der Waals surface area contributed by atoms with Crippen LogP contribution >= 0.6 is 33.9 Å². The van der Waals surface area contributed by atoms with Gasteiger partial charge in [-0.05, 0) is 58.3 Å². The van der Waals surface area contributed by atoms with Crippen molar-refractivity contribution >= 4 is 45.5 Å². The standard InChI is InChI=1S/C14H13IN2OS/c15-13-6-11(8-19-13)14(18)17-4-3-9-1-2-12(16)5-10(9)7-17/h1-2,5-6,8H,3-4,7,16H2. The minimum atomic E-state index is 0.118. The topological polar surface area (TPSA) is 46.3 Å². The van der Waals surface area contributed by atoms with Crippen molar-refractivity contribution in [2.24, 2.45) is 0 Å². The second-order valence-corrected chi connectivity index (χ2v) is 7.45. The summed E-state index contributed by atoms with van der Waals surface area (Å²) in [5, 5.41) is 1.93. The van der Waals surface area contributed by atoms with Crippen LogP contribution in [0.15, 0.2) is 29.6 Å². The molecule has 0 spiro atoms. The first-order chi connectivity index (χ1) is 9.13. The van der Waals surface area contributed by atoms with Crippen LogP contribution in [-0.2, 0) is 13.0 Å². The van der Waals surface area contributed by atoms with Crippen molar-refractivity contribution in [2.75, 3.05) is 12.3 Å². The lowest BCUT2D eigenvalue weighted by atomic mass is 9.99. The van der Waals surface area contributed by atoms with E-state index in [0.29, 0.717) is 6.54 Å². The highest BCUT2D eigenvalue weighted by molar-refractivity contribution is 14.1. The molecule has 1 aromatic heterocycles. The number of carbonyl (C=O) groups is 1. The Balaban J connectivity index is 1.83. The molecule has 2 aromatic rings. The summed E-state index contributed by atoms with van der Waals surface area (Å²) in [5.74, 6) is 0.118. The predicted octanol–water partition coefficient (Wildman–Crippen LogP) is 3.13. The number of rotatable bonds is 1. The fourth-order valence-electron chi connectivity index (χ4n) is 2.36. The zero-order chi connectivity index (χ0) is 13.4. The van der Waals surface area contributed by atoms with E-state index in [1.165, 1.54) is 11.1 Å². The number of nitrogens with two attached hydrogens (primary N) is 1. The summed E-state index contributed by atoms with van der Waals surface area (Å²) in [6.07, 6.45) is 0.905. The number of amides is 1. The second kappa shape index (κ2) is 5.13. The summed E-state index contributed by atoms with van der Waals surface area (Å²) >= 11 is 3.84. The van der Waals surface area contributed by atoms with Gasteiger partial charge in [0, 0.05) is 24.2 Å². The zero-order valence-electron chi connectivity index (χ0n) is 10.2. The van der Waals surface area contributed by atoms with Gasteiger partial charge < -0.3 is 10.6 Å². The van der Waals surface area contributed by atoms with Gasteiger partial charge in [-0.25, -0.2) is 0 Å². The third kappa shape index (κ3) is 2.62. The van der Waals surface area contributed by atoms with Gasteiger partial charge in [-0.15, -0.1) is 11.3 Å². The van der Waals surface area contributed by atoms with E-state index in [1.54, 1.807) is 11.3 Å². The van der Waals surface area contributed by atoms with E-state index < -0.39 is 0 Å². The van der Waals surface area contributed by atoms with Crippen LogP contribution in [-0.4, -0.2) is 17.4 Å². The Labute approximate surface area is 129 Å². The molecule has 0 saturated carbocycles. The highest BCUT2D eigenvalue weighted by atomic mass is 127. The number of nitrogen functional groups attached to an aromatic ring is 1. The van der Waals surface area contributed by atoms with Gasteiger partial charge in [0.2, 0.25) is 0 Å². The molecule has 2 heterocycles. The Kier molecular flexibility index (Phi) is 3.49. The fraction of sp³-hybridized carbons (Fsp3) is 0.214. The molecule has 0 saturated heterocycles. The third-order valence-electron chi connectivity index (χ3n) is 3.34. The Morgan fingerprint density at radius 3 is 2.89 bits per heavy atom. The lowest BCUT2D eigenvalue weighted by molar-refractivity contribution is 0.0735. The average Bonchev–Trinajstić information content (AvgIpc) is 2.83. The predicted molar refractivity (Wildman–Crippen MR) is 86.3 cm³/mol. The number of anilines is 1. The van der Waals surface area contributed by atoms with Gasteiger partial charge in [-0.3, -0.25) is 4.79 Å². The highest BCUT2D eigenvalue weighted by Crippen LogP contribution is 2.24. The van der Waals surface area contributed by atoms with E-state index in [1.807, 2.05) is 28.5 Å². The Bertz CT molecular complexity index is 638. The summed E-state index contributed by atoms with van der Waals surface area (Å²) in [4.78, 5) is 14.3. The van der Waals surface area contributed by atoms with E-state index >= 15 is 0 Å². The molecule has 0 atom stereocenters. The number of hydrogen-bond acceptors (Lipinski definition) is 3. The average molecular weight is 384 g/mol. The molecule has 2 N–H and O–H groups in total. The van der Waals surface area contributed by atoms with E-state index in [2.05, 4.69) is 28.7 Å². The molecule has 1 aliphatic heterocycles. The number of benzene rings is 1. The normalized spacial score (nSPS) is 14.3. The summed E-state index contributed by atoms with van der Waals surface area (Å²) in [6.45, 7) is 1.44. The zero-order valence-corrected chi connectivity index (χ0v) is 13.2. The van der Waals surface area contributed by atoms with Gasteiger partial charge in [-0.1, -0.05) is 6.07 Å². The van der Waals surface area contributed by atoms with Crippen molar-refractivity contribution in [3.63, 3.8) is 0 Å². The minimum absolute atomic E-state index is 0.118. The lowest BCUT2D eigenvalue weighted by Crippen LogP contribution is -2.35. The molecule has 98 valence electrons. The van der Waals surface area contributed by atoms with Gasteiger partial charge >= 0.3 is 0 Å². The lowest BCUT2D eigenvalue weighted by Gasteiger charge is -2.28. The van der Waals surface area contributed by atoms with Crippen LogP contribution in [0.1, 0.15) is 21.5 Å². The van der Waals surface area contributed by atoms with Crippen molar-refractivity contribution in [1.29, 1.82) is 0 Å². The van der Waals surface area contributed by atoms with Crippen molar-refractivity contribution in [3.05, 3.63) is 49.2 Å². The van der Waals surface area contributed by atoms with E-state index in [-0.39, 0.29) is 5.91 Å². The van der Waals surface area contributed by atoms with Crippen LogP contribution in [0.5, 0.6) is 0 Å². The molecule has 1 aliphatic rings. The van der Waals surface area contributed by atoms with Crippen LogP contribution in [0.4, 0.5) is 5.69 Å². The SMILES string of the molecule is Nc1ccc2c(c1)CN(C(=O)c1csc(I)c1)CC2. The van der Waals surface area contributed by atoms with Crippen LogP contribution in [0.3, 0.4) is 0 Å². The Morgan fingerprint density at radius 1 is 1.32 bits per heavy atom. The first-order valence-corrected chi connectivity index (χ1v) is 8.00. The van der Waals surface area contributed by atoms with Gasteiger partial charge in [0.05, 0.1) is 8.45 Å². The smallest absolute Gasteiger partial charge is 0.255 e. The molecular weight excluding hydrogens is 371 g/mol. The van der Waals surface area contributed by atoms with Crippen LogP contribution in [0.25, 0.3) is 0 Å². The van der Waals surface area contributed by atoms with Crippen LogP contribution < -0.4 is 5.73 Å². The monoisotopic (exact) mass is 384 g/mol. The second-order valence-electron chi connectivity index (χ2n) is 4.64. The molecule has 19 heavy (non-hydrogen) atoms. The largest absolute Gasteiger partial charge is 0.399 e. The molecule has 5 heteroatoms. The van der Waals surface area contributed by atoms with E-state index in [0.717, 1.165) is 27.1 Å². The number of halogens is 1. The van der Waals surface area contributed by atoms with Crippen molar-refractivity contribution in [3.8, 4) is 0 Å². The summed E-state index contributed by atoms with van der Waals surface area (Å²) in [5.41, 5.74) is 9.85. The number of fused-ring (bicyclic) bond motifs is 1. The third-order valence-corrected chi connectivity index (χ3v) is 5.13. The first-order valence-electron chi connectivity index (χ1n) is 6.04. The fourth-order valence-corrected chi connectivity index (χ4v) is 3.68. The van der Waals surface area contributed by atoms with Crippen molar-refractivity contribution < 1.29 is 4.79 Å². The van der Waals surface area contributed by atoms with E-state index in [9.17, 15) is 4.79 Å². The molecule has 0 bridgehead atoms. The number of thiophene rings is 1. The molecule has 0 aliphatic carbocycles. The number of nitrogens with zero attached hydrogens (tertiary/aromatic N) is 1. The summed E-state index contributed by atoms with van der Waals surface area (Å²) < 4.78 is 1.14. The molecule has 1 amide bonds. The maximum absolute atomic E-state index is 12.4. The summed E-state index contributed by atoms with van der Waals surface area (Å²) in [6, 6.07) is 7.92. The molecule has 3 rings (SSSR count). The molecule has 0 unspecified atom stereocenters. The summed E-state index contributed by atoms with van der Waals surface area (Å²) in [7, 11) is 0. The molecular formula is C14H13IN2OS. The van der Waals surface area contributed by atoms with Gasteiger partial charge in [0.1, 0.15) is 0 Å². The Hall–Kier alpha value is -1.08. The molecule has 0 radical (unpaired) electrons. The van der Waals surface area contributed by atoms with Gasteiger partial charge in [0.25, 0.3) is 5.91 Å². The highest BCUT2D eigenvalue weighted by Gasteiger charge is 2.22. The maximum atomic E-state index is 12.4. The van der Waals surface area contributed by atoms with Gasteiger partial charge in [0.15, 0.2) is 0 Å². The molecule has 0 fully saturated rings. The molecule has 3 nitrogen and oxygen atoms in total. The van der Waals surface area contributed by atoms with E-state index in [4.69, 9.17) is 5.73 Å². The quantitative estimate of drug-likeness (QED) is 0.607. The maximum Gasteiger partial charge on any atom is 0.255 e. The molecule has 1 aromatic carbocycles. The van der Waals surface area contributed by atoms with Crippen molar-refractivity contribution in [2.45, 2.75) is 13.0 Å². The van der Waals surface area contributed by atoms with Crippen LogP contribution in [0.2, 0.25) is 0 Å².